The van der Waals surface area contributed by atoms with Crippen LogP contribution in [0.5, 0.6) is 23.0 Å². The van der Waals surface area contributed by atoms with Gasteiger partial charge in [0.05, 0.1) is 32.8 Å². The van der Waals surface area contributed by atoms with Crippen molar-refractivity contribution >= 4 is 23.7 Å². The van der Waals surface area contributed by atoms with Gasteiger partial charge in [-0.3, -0.25) is 9.59 Å². The highest BCUT2D eigenvalue weighted by molar-refractivity contribution is 6.10. The van der Waals surface area contributed by atoms with Crippen molar-refractivity contribution in [3.63, 3.8) is 0 Å². The Balaban J connectivity index is 1.93. The van der Waals surface area contributed by atoms with E-state index in [1.807, 2.05) is 36.4 Å². The summed E-state index contributed by atoms with van der Waals surface area (Å²) in [5.41, 5.74) is 1.71. The van der Waals surface area contributed by atoms with E-state index >= 15 is 0 Å². The molecule has 2 rings (SSSR count). The Kier molecular flexibility index (Phi) is 55.4. The van der Waals surface area contributed by atoms with Gasteiger partial charge in [-0.25, -0.2) is 0 Å². The van der Waals surface area contributed by atoms with Gasteiger partial charge < -0.3 is 18.9 Å². The molecule has 0 bridgehead atoms. The van der Waals surface area contributed by atoms with E-state index in [0.717, 1.165) is 72.6 Å². The molecule has 0 fully saturated rings. The summed E-state index contributed by atoms with van der Waals surface area (Å²) in [6.07, 6.45) is 75.0. The maximum absolute atomic E-state index is 13.2. The lowest BCUT2D eigenvalue weighted by Crippen LogP contribution is -2.04. The van der Waals surface area contributed by atoms with Crippen LogP contribution in [0.25, 0.3) is 12.2 Å². The molecule has 0 aliphatic carbocycles. The van der Waals surface area contributed by atoms with E-state index in [2.05, 4.69) is 27.7 Å². The average molecular weight is 1180 g/mol. The fourth-order valence-corrected chi connectivity index (χ4v) is 11.6. The number of hydrogen-bond donors (Lipinski definition) is 0. The Hall–Kier alpha value is -3.54. The fourth-order valence-electron chi connectivity index (χ4n) is 11.6. The Morgan fingerprint density at radius 2 is 0.447 bits per heavy atom. The topological polar surface area (TPSA) is 71.1 Å². The first-order valence-electron chi connectivity index (χ1n) is 37.2. The lowest BCUT2D eigenvalue weighted by Gasteiger charge is -2.14. The maximum Gasteiger partial charge on any atom is 0.163 e. The number of allylic oxidation sites excluding steroid dienone is 2. The van der Waals surface area contributed by atoms with E-state index in [4.69, 9.17) is 18.9 Å². The second-order valence-electron chi connectivity index (χ2n) is 25.6. The molecular formula is C79H136O6. The number of rotatable bonds is 66. The van der Waals surface area contributed by atoms with Crippen LogP contribution in [0.2, 0.25) is 0 Å². The Morgan fingerprint density at radius 1 is 0.259 bits per heavy atom. The molecule has 0 saturated carbocycles. The highest BCUT2D eigenvalue weighted by atomic mass is 16.5. The minimum Gasteiger partial charge on any atom is -0.490 e. The minimum absolute atomic E-state index is 0.196. The van der Waals surface area contributed by atoms with Crippen LogP contribution in [-0.4, -0.2) is 38.0 Å². The summed E-state index contributed by atoms with van der Waals surface area (Å²) in [5.74, 6) is 2.52. The number of ketones is 2. The van der Waals surface area contributed by atoms with Crippen molar-refractivity contribution in [1.29, 1.82) is 0 Å². The number of benzene rings is 2. The van der Waals surface area contributed by atoms with Crippen LogP contribution < -0.4 is 18.9 Å². The van der Waals surface area contributed by atoms with Crippen LogP contribution in [0.3, 0.4) is 0 Å². The number of ether oxygens (including phenoxy) is 4. The molecule has 0 unspecified atom stereocenters. The summed E-state index contributed by atoms with van der Waals surface area (Å²) in [6, 6.07) is 11.9. The number of carbonyl (C=O) groups is 2. The fraction of sp³-hybridized carbons (Fsp3) is 0.772. The molecule has 0 aliphatic rings. The summed E-state index contributed by atoms with van der Waals surface area (Å²) < 4.78 is 25.5. The van der Waals surface area contributed by atoms with Gasteiger partial charge in [0.1, 0.15) is 0 Å². The van der Waals surface area contributed by atoms with Crippen LogP contribution in [0.1, 0.15) is 379 Å². The van der Waals surface area contributed by atoms with Crippen molar-refractivity contribution in [2.75, 3.05) is 26.4 Å². The molecule has 0 aromatic heterocycles. The van der Waals surface area contributed by atoms with Gasteiger partial charge in [-0.15, -0.1) is 0 Å². The van der Waals surface area contributed by atoms with E-state index in [0.29, 0.717) is 26.4 Å². The molecule has 2 aromatic rings. The Labute approximate surface area is 526 Å². The highest BCUT2D eigenvalue weighted by Crippen LogP contribution is 2.32. The van der Waals surface area contributed by atoms with Gasteiger partial charge in [-0.2, -0.15) is 0 Å². The Morgan fingerprint density at radius 3 is 0.659 bits per heavy atom. The molecule has 0 heterocycles. The maximum atomic E-state index is 13.2. The minimum atomic E-state index is -0.231. The van der Waals surface area contributed by atoms with Crippen LogP contribution >= 0.6 is 0 Å². The molecule has 0 radical (unpaired) electrons. The van der Waals surface area contributed by atoms with Gasteiger partial charge in [0, 0.05) is 0 Å². The predicted molar refractivity (Wildman–Crippen MR) is 370 cm³/mol. The predicted octanol–water partition coefficient (Wildman–Crippen LogP) is 25.8. The van der Waals surface area contributed by atoms with Gasteiger partial charge in [0.15, 0.2) is 34.6 Å². The molecule has 0 atom stereocenters. The summed E-state index contributed by atoms with van der Waals surface area (Å²) in [5, 5.41) is 0. The number of unbranched alkanes of at least 4 members (excludes halogenated alkanes) is 48. The largest absolute Gasteiger partial charge is 0.490 e. The second kappa shape index (κ2) is 60.7. The summed E-state index contributed by atoms with van der Waals surface area (Å²) in [7, 11) is 0. The Bertz CT molecular complexity index is 1720. The third kappa shape index (κ3) is 49.1. The second-order valence-corrected chi connectivity index (χ2v) is 25.6. The van der Waals surface area contributed by atoms with E-state index in [1.165, 1.54) is 308 Å². The van der Waals surface area contributed by atoms with Crippen LogP contribution in [-0.2, 0) is 9.59 Å². The van der Waals surface area contributed by atoms with Crippen molar-refractivity contribution in [2.45, 2.75) is 368 Å². The van der Waals surface area contributed by atoms with E-state index in [9.17, 15) is 9.59 Å². The first-order chi connectivity index (χ1) is 42.0. The third-order valence-electron chi connectivity index (χ3n) is 17.2. The summed E-state index contributed by atoms with van der Waals surface area (Å²) in [6.45, 7) is 11.8. The van der Waals surface area contributed by atoms with E-state index < -0.39 is 0 Å². The molecule has 0 N–H and O–H groups in total. The van der Waals surface area contributed by atoms with Crippen LogP contribution in [0.15, 0.2) is 48.6 Å². The lowest BCUT2D eigenvalue weighted by molar-refractivity contribution is -0.121. The third-order valence-corrected chi connectivity index (χ3v) is 17.2. The molecule has 0 spiro atoms. The van der Waals surface area contributed by atoms with Gasteiger partial charge >= 0.3 is 0 Å². The molecule has 6 heteroatoms. The van der Waals surface area contributed by atoms with Gasteiger partial charge in [-0.1, -0.05) is 360 Å². The zero-order valence-electron chi connectivity index (χ0n) is 56.5. The van der Waals surface area contributed by atoms with Crippen LogP contribution in [0.4, 0.5) is 0 Å². The SMILES string of the molecule is CCCCCCCCCCCCCCCOc1ccc(/C=C/C(=O)CC(=O)/C=C/c2ccc(OCCCCCCCCCCCCCCC)c(OCCCCCCCCCCCCCCC)c2)cc1OCCCCCCCCCCCCCCC. The zero-order chi connectivity index (χ0) is 60.8. The highest BCUT2D eigenvalue weighted by Gasteiger charge is 2.11. The first-order valence-corrected chi connectivity index (χ1v) is 37.2. The standard InChI is InChI=1S/C79H136O6/c1-5-9-13-17-21-25-29-33-37-41-45-49-53-65-82-76-63-59-72(69-78(76)84-67-55-51-47-43-39-35-31-27-23-19-15-11-7-3)57-61-74(80)71-75(81)62-58-73-60-64-77(83-66-54-50-46-42-38-34-30-26-22-18-14-10-6-2)79(70-73)85-68-56-52-48-44-40-36-32-28-24-20-16-12-8-4/h57-64,69-70H,5-56,65-68,71H2,1-4H3/b61-57+,62-58+. The van der Waals surface area contributed by atoms with Crippen molar-refractivity contribution in [2.24, 2.45) is 0 Å². The molecule has 6 nitrogen and oxygen atoms in total. The first kappa shape index (κ1) is 77.6. The van der Waals surface area contributed by atoms with Gasteiger partial charge in [0.2, 0.25) is 0 Å². The van der Waals surface area contributed by atoms with E-state index in [1.54, 1.807) is 12.2 Å². The van der Waals surface area contributed by atoms with E-state index in [-0.39, 0.29) is 18.0 Å². The normalized spacial score (nSPS) is 11.6. The van der Waals surface area contributed by atoms with Crippen molar-refractivity contribution < 1.29 is 28.5 Å². The molecule has 0 amide bonds. The lowest BCUT2D eigenvalue weighted by atomic mass is 10.0. The quantitative estimate of drug-likeness (QED) is 0.0373. The molecule has 2 aromatic carbocycles. The number of hydrogen-bond acceptors (Lipinski definition) is 6. The zero-order valence-corrected chi connectivity index (χ0v) is 56.5. The molecule has 0 saturated heterocycles. The summed E-state index contributed by atoms with van der Waals surface area (Å²) >= 11 is 0. The van der Waals surface area contributed by atoms with Crippen molar-refractivity contribution in [1.82, 2.24) is 0 Å². The summed E-state index contributed by atoms with van der Waals surface area (Å²) in [4.78, 5) is 26.4. The monoisotopic (exact) mass is 1180 g/mol. The molecule has 488 valence electrons. The number of carbonyl (C=O) groups excluding carboxylic acids is 2. The average Bonchev–Trinajstić information content (AvgIpc) is 3.69. The smallest absolute Gasteiger partial charge is 0.163 e. The van der Waals surface area contributed by atoms with Crippen LogP contribution in [0, 0.1) is 0 Å². The molecule has 0 aliphatic heterocycles. The molecule has 85 heavy (non-hydrogen) atoms. The van der Waals surface area contributed by atoms with Gasteiger partial charge in [-0.05, 0) is 73.2 Å². The van der Waals surface area contributed by atoms with Crippen molar-refractivity contribution in [3.05, 3.63) is 59.7 Å². The molecular weight excluding hydrogens is 1040 g/mol. The van der Waals surface area contributed by atoms with Crippen molar-refractivity contribution in [3.8, 4) is 23.0 Å². The van der Waals surface area contributed by atoms with Gasteiger partial charge in [0.25, 0.3) is 0 Å².